The quantitative estimate of drug-likeness (QED) is 0.814. The van der Waals surface area contributed by atoms with Crippen molar-refractivity contribution in [3.8, 4) is 0 Å². The number of benzene rings is 1. The van der Waals surface area contributed by atoms with Crippen molar-refractivity contribution in [3.05, 3.63) is 22.4 Å². The summed E-state index contributed by atoms with van der Waals surface area (Å²) in [4.78, 5) is 1.83. The molecule has 118 valence electrons. The van der Waals surface area contributed by atoms with Gasteiger partial charge in [-0.15, -0.1) is 0 Å². The van der Waals surface area contributed by atoms with Crippen LogP contribution in [0.4, 0.5) is 10.1 Å². The van der Waals surface area contributed by atoms with Gasteiger partial charge in [0.1, 0.15) is 10.7 Å². The van der Waals surface area contributed by atoms with Gasteiger partial charge in [0.2, 0.25) is 10.0 Å². The Bertz CT molecular complexity index is 629. The maximum atomic E-state index is 14.0. The Labute approximate surface area is 133 Å². The molecule has 0 atom stereocenters. The number of rotatable bonds is 3. The molecule has 5 nitrogen and oxygen atoms in total. The average Bonchev–Trinajstić information content (AvgIpc) is 2.42. The zero-order valence-corrected chi connectivity index (χ0v) is 14.4. The molecule has 0 saturated carbocycles. The second-order valence-corrected chi connectivity index (χ2v) is 8.10. The van der Waals surface area contributed by atoms with Crippen LogP contribution in [0, 0.1) is 5.82 Å². The van der Waals surface area contributed by atoms with Crippen molar-refractivity contribution in [2.75, 3.05) is 31.9 Å². The average molecular weight is 380 g/mol. The van der Waals surface area contributed by atoms with Crippen LogP contribution < -0.4 is 5.73 Å². The first-order valence-corrected chi connectivity index (χ1v) is 8.95. The van der Waals surface area contributed by atoms with E-state index in [1.165, 1.54) is 10.4 Å². The molecule has 0 bridgehead atoms. The summed E-state index contributed by atoms with van der Waals surface area (Å²) in [5.74, 6) is -0.789. The molecule has 21 heavy (non-hydrogen) atoms. The molecule has 1 fully saturated rings. The summed E-state index contributed by atoms with van der Waals surface area (Å²) in [7, 11) is -3.85. The number of nitrogens with two attached hydrogens (primary N) is 1. The molecule has 1 heterocycles. The van der Waals surface area contributed by atoms with Crippen LogP contribution in [0.1, 0.15) is 13.8 Å². The van der Waals surface area contributed by atoms with Crippen molar-refractivity contribution in [2.24, 2.45) is 0 Å². The summed E-state index contributed by atoms with van der Waals surface area (Å²) in [5.41, 5.74) is 5.88. The normalized spacial score (nSPS) is 18.3. The molecule has 2 N–H and O–H groups in total. The lowest BCUT2D eigenvalue weighted by molar-refractivity contribution is 0.154. The van der Waals surface area contributed by atoms with Crippen molar-refractivity contribution in [1.29, 1.82) is 0 Å². The predicted octanol–water partition coefficient (Wildman–Crippen LogP) is 1.89. The molecule has 0 radical (unpaired) electrons. The van der Waals surface area contributed by atoms with E-state index in [2.05, 4.69) is 34.7 Å². The van der Waals surface area contributed by atoms with Gasteiger partial charge in [0, 0.05) is 42.4 Å². The van der Waals surface area contributed by atoms with E-state index < -0.39 is 15.8 Å². The lowest BCUT2D eigenvalue weighted by Crippen LogP contribution is -2.50. The second-order valence-electron chi connectivity index (χ2n) is 5.34. The van der Waals surface area contributed by atoms with E-state index in [1.54, 1.807) is 0 Å². The molecular formula is C13H19BrFN3O2S. The van der Waals surface area contributed by atoms with Crippen molar-refractivity contribution in [1.82, 2.24) is 9.21 Å². The van der Waals surface area contributed by atoms with Gasteiger partial charge in [-0.1, -0.05) is 0 Å². The first-order chi connectivity index (χ1) is 9.73. The van der Waals surface area contributed by atoms with Gasteiger partial charge in [-0.2, -0.15) is 4.31 Å². The summed E-state index contributed by atoms with van der Waals surface area (Å²) in [6.45, 7) is 6.14. The van der Waals surface area contributed by atoms with Crippen LogP contribution in [0.25, 0.3) is 0 Å². The first-order valence-electron chi connectivity index (χ1n) is 6.72. The first kappa shape index (κ1) is 16.7. The van der Waals surface area contributed by atoms with E-state index >= 15 is 0 Å². The fourth-order valence-corrected chi connectivity index (χ4v) is 4.16. The minimum Gasteiger partial charge on any atom is -0.398 e. The summed E-state index contributed by atoms with van der Waals surface area (Å²) in [6, 6.07) is 2.63. The number of hydrogen-bond acceptors (Lipinski definition) is 4. The monoisotopic (exact) mass is 379 g/mol. The highest BCUT2D eigenvalue weighted by Gasteiger charge is 2.31. The summed E-state index contributed by atoms with van der Waals surface area (Å²) in [6.07, 6.45) is 0. The number of sulfonamides is 1. The molecule has 0 amide bonds. The van der Waals surface area contributed by atoms with Crippen molar-refractivity contribution < 1.29 is 12.8 Å². The van der Waals surface area contributed by atoms with Crippen LogP contribution in [0.5, 0.6) is 0 Å². The number of nitrogen functional groups attached to an aromatic ring is 1. The fourth-order valence-electron chi connectivity index (χ4n) is 2.34. The lowest BCUT2D eigenvalue weighted by Gasteiger charge is -2.36. The molecular weight excluding hydrogens is 361 g/mol. The van der Waals surface area contributed by atoms with Crippen molar-refractivity contribution in [3.63, 3.8) is 0 Å². The van der Waals surface area contributed by atoms with Gasteiger partial charge in [0.15, 0.2) is 0 Å². The number of nitrogens with zero attached hydrogens (tertiary/aromatic N) is 2. The van der Waals surface area contributed by atoms with E-state index in [0.717, 1.165) is 6.07 Å². The van der Waals surface area contributed by atoms with Gasteiger partial charge in [-0.05, 0) is 41.9 Å². The molecule has 0 spiro atoms. The molecule has 1 aliphatic heterocycles. The van der Waals surface area contributed by atoms with Crippen molar-refractivity contribution in [2.45, 2.75) is 24.8 Å². The van der Waals surface area contributed by atoms with E-state index in [-0.39, 0.29) is 10.6 Å². The predicted molar refractivity (Wildman–Crippen MR) is 84.0 cm³/mol. The molecule has 1 saturated heterocycles. The molecule has 1 aliphatic rings. The summed E-state index contributed by atoms with van der Waals surface area (Å²) in [5, 5.41) is 0. The third-order valence-corrected chi connectivity index (χ3v) is 6.27. The Kier molecular flexibility index (Phi) is 4.92. The van der Waals surface area contributed by atoms with Gasteiger partial charge in [-0.3, -0.25) is 4.90 Å². The Morgan fingerprint density at radius 1 is 1.24 bits per heavy atom. The van der Waals surface area contributed by atoms with E-state index in [1.807, 2.05) is 0 Å². The minimum atomic E-state index is -3.85. The number of halogens is 2. The van der Waals surface area contributed by atoms with Crippen molar-refractivity contribution >= 4 is 31.6 Å². The molecule has 2 rings (SSSR count). The smallest absolute Gasteiger partial charge is 0.246 e. The van der Waals surface area contributed by atoms with Gasteiger partial charge < -0.3 is 5.73 Å². The fraction of sp³-hybridized carbons (Fsp3) is 0.538. The SMILES string of the molecule is CC(C)N1CCN(S(=O)(=O)c2cc(N)c(Br)cc2F)CC1. The molecule has 0 unspecified atom stereocenters. The molecule has 1 aromatic rings. The molecule has 1 aromatic carbocycles. The standard InChI is InChI=1S/C13H19BrFN3O2S/c1-9(2)17-3-5-18(6-4-17)21(19,20)13-8-12(16)10(14)7-11(13)15/h7-9H,3-6,16H2,1-2H3. The zero-order valence-electron chi connectivity index (χ0n) is 12.0. The number of hydrogen-bond donors (Lipinski definition) is 1. The maximum absolute atomic E-state index is 14.0. The lowest BCUT2D eigenvalue weighted by atomic mass is 10.3. The summed E-state index contributed by atoms with van der Waals surface area (Å²) >= 11 is 3.09. The Morgan fingerprint density at radius 2 is 1.81 bits per heavy atom. The van der Waals surface area contributed by atoms with E-state index in [4.69, 9.17) is 5.73 Å². The van der Waals surface area contributed by atoms with Crippen LogP contribution >= 0.6 is 15.9 Å². The topological polar surface area (TPSA) is 66.6 Å². The van der Waals surface area contributed by atoms with Gasteiger partial charge in [0.05, 0.1) is 0 Å². The molecule has 0 aromatic heterocycles. The highest BCUT2D eigenvalue weighted by atomic mass is 79.9. The largest absolute Gasteiger partial charge is 0.398 e. The Morgan fingerprint density at radius 3 is 2.33 bits per heavy atom. The van der Waals surface area contributed by atoms with Crippen LogP contribution in [0.3, 0.4) is 0 Å². The van der Waals surface area contributed by atoms with Gasteiger partial charge in [0.25, 0.3) is 0 Å². The second kappa shape index (κ2) is 6.20. The molecule has 0 aliphatic carbocycles. The highest BCUT2D eigenvalue weighted by molar-refractivity contribution is 9.10. The third kappa shape index (κ3) is 3.39. The number of anilines is 1. The summed E-state index contributed by atoms with van der Waals surface area (Å²) < 4.78 is 40.7. The number of piperazine rings is 1. The Hall–Kier alpha value is -0.700. The highest BCUT2D eigenvalue weighted by Crippen LogP contribution is 2.28. The van der Waals surface area contributed by atoms with Crippen LogP contribution in [-0.2, 0) is 10.0 Å². The Balaban J connectivity index is 2.26. The van der Waals surface area contributed by atoms with Gasteiger partial charge in [-0.25, -0.2) is 12.8 Å². The van der Waals surface area contributed by atoms with Crippen LogP contribution in [-0.4, -0.2) is 49.8 Å². The molecule has 8 heteroatoms. The van der Waals surface area contributed by atoms with Crippen LogP contribution in [0.15, 0.2) is 21.5 Å². The third-order valence-electron chi connectivity index (χ3n) is 3.67. The van der Waals surface area contributed by atoms with Crippen LogP contribution in [0.2, 0.25) is 0 Å². The zero-order chi connectivity index (χ0) is 15.8. The van der Waals surface area contributed by atoms with Gasteiger partial charge >= 0.3 is 0 Å². The maximum Gasteiger partial charge on any atom is 0.246 e. The minimum absolute atomic E-state index is 0.204. The van der Waals surface area contributed by atoms with E-state index in [0.29, 0.717) is 36.7 Å². The van der Waals surface area contributed by atoms with E-state index in [9.17, 15) is 12.8 Å².